The number of methoxy groups -OCH3 is 1. The van der Waals surface area contributed by atoms with Crippen LogP contribution in [0.2, 0.25) is 0 Å². The second-order valence-corrected chi connectivity index (χ2v) is 4.42. The van der Waals surface area contributed by atoms with Crippen LogP contribution in [0, 0.1) is 11.8 Å². The van der Waals surface area contributed by atoms with Crippen LogP contribution in [0.5, 0.6) is 0 Å². The fraction of sp³-hybridized carbons (Fsp3) is 0.833. The zero-order valence-corrected chi connectivity index (χ0v) is 10.5. The number of hydrogen-bond acceptors (Lipinski definition) is 3. The Morgan fingerprint density at radius 3 is 1.94 bits per heavy atom. The van der Waals surface area contributed by atoms with Crippen LogP contribution < -0.4 is 5.73 Å². The van der Waals surface area contributed by atoms with Gasteiger partial charge in [0.1, 0.15) is 5.78 Å². The second kappa shape index (κ2) is 8.13. The molecule has 0 aromatic rings. The first-order valence-electron chi connectivity index (χ1n) is 5.86. The van der Waals surface area contributed by atoms with Crippen molar-refractivity contribution >= 4 is 11.9 Å². The lowest BCUT2D eigenvalue weighted by Crippen LogP contribution is -2.21. The summed E-state index contributed by atoms with van der Waals surface area (Å²) in [5, 5.41) is 0. The highest BCUT2D eigenvalue weighted by Crippen LogP contribution is 2.26. The SMILES string of the molecule is CC(C)C(=O)C1CCCCC1.COC(N)=O. The number of primary amides is 1. The molecule has 0 radical (unpaired) electrons. The minimum atomic E-state index is -0.745. The number of amides is 1. The molecule has 0 aromatic heterocycles. The zero-order valence-electron chi connectivity index (χ0n) is 10.5. The van der Waals surface area contributed by atoms with Crippen LogP contribution in [0.1, 0.15) is 46.0 Å². The fourth-order valence-electron chi connectivity index (χ4n) is 1.86. The molecule has 2 N–H and O–H groups in total. The average Bonchev–Trinajstić information content (AvgIpc) is 2.29. The van der Waals surface area contributed by atoms with E-state index in [2.05, 4.69) is 10.5 Å². The summed E-state index contributed by atoms with van der Waals surface area (Å²) in [5.74, 6) is 1.14. The third kappa shape index (κ3) is 6.43. The van der Waals surface area contributed by atoms with Gasteiger partial charge in [0, 0.05) is 11.8 Å². The van der Waals surface area contributed by atoms with E-state index < -0.39 is 6.09 Å². The Labute approximate surface area is 97.5 Å². The Hall–Kier alpha value is -1.06. The first-order chi connectivity index (χ1) is 7.49. The van der Waals surface area contributed by atoms with Gasteiger partial charge in [-0.1, -0.05) is 33.1 Å². The van der Waals surface area contributed by atoms with Gasteiger partial charge in [-0.2, -0.15) is 0 Å². The van der Waals surface area contributed by atoms with Crippen molar-refractivity contribution in [2.45, 2.75) is 46.0 Å². The summed E-state index contributed by atoms with van der Waals surface area (Å²) in [5.41, 5.74) is 4.43. The van der Waals surface area contributed by atoms with E-state index in [-0.39, 0.29) is 5.92 Å². The summed E-state index contributed by atoms with van der Waals surface area (Å²) in [6.45, 7) is 4.02. The summed E-state index contributed by atoms with van der Waals surface area (Å²) < 4.78 is 3.89. The van der Waals surface area contributed by atoms with Crippen molar-refractivity contribution in [1.29, 1.82) is 0 Å². The quantitative estimate of drug-likeness (QED) is 0.791. The second-order valence-electron chi connectivity index (χ2n) is 4.42. The molecular weight excluding hydrogens is 206 g/mol. The number of rotatable bonds is 2. The smallest absolute Gasteiger partial charge is 0.404 e. The number of ketones is 1. The maximum Gasteiger partial charge on any atom is 0.404 e. The lowest BCUT2D eigenvalue weighted by Gasteiger charge is -2.21. The molecule has 0 saturated heterocycles. The van der Waals surface area contributed by atoms with E-state index in [0.717, 1.165) is 12.8 Å². The third-order valence-corrected chi connectivity index (χ3v) is 2.78. The molecule has 1 amide bonds. The molecule has 16 heavy (non-hydrogen) atoms. The largest absolute Gasteiger partial charge is 0.453 e. The van der Waals surface area contributed by atoms with Gasteiger partial charge in [0.05, 0.1) is 7.11 Å². The summed E-state index contributed by atoms with van der Waals surface area (Å²) in [7, 11) is 1.22. The Morgan fingerprint density at radius 2 is 1.62 bits per heavy atom. The molecule has 4 heteroatoms. The van der Waals surface area contributed by atoms with Crippen molar-refractivity contribution < 1.29 is 14.3 Å². The molecule has 0 unspecified atom stereocenters. The van der Waals surface area contributed by atoms with Crippen molar-refractivity contribution in [1.82, 2.24) is 0 Å². The van der Waals surface area contributed by atoms with E-state index in [4.69, 9.17) is 0 Å². The van der Waals surface area contributed by atoms with Crippen molar-refractivity contribution in [2.75, 3.05) is 7.11 Å². The maximum absolute atomic E-state index is 11.5. The lowest BCUT2D eigenvalue weighted by atomic mass is 9.83. The zero-order chi connectivity index (χ0) is 12.6. The molecule has 1 rings (SSSR count). The number of nitrogens with two attached hydrogens (primary N) is 1. The minimum Gasteiger partial charge on any atom is -0.453 e. The molecule has 1 fully saturated rings. The van der Waals surface area contributed by atoms with E-state index in [9.17, 15) is 9.59 Å². The Morgan fingerprint density at radius 1 is 1.19 bits per heavy atom. The van der Waals surface area contributed by atoms with Crippen molar-refractivity contribution in [2.24, 2.45) is 17.6 Å². The molecule has 94 valence electrons. The number of hydrogen-bond donors (Lipinski definition) is 1. The molecular formula is C12H23NO3. The minimum absolute atomic E-state index is 0.248. The topological polar surface area (TPSA) is 69.4 Å². The van der Waals surface area contributed by atoms with Crippen molar-refractivity contribution in [3.8, 4) is 0 Å². The van der Waals surface area contributed by atoms with Gasteiger partial charge in [-0.25, -0.2) is 4.79 Å². The highest BCUT2D eigenvalue weighted by Gasteiger charge is 2.22. The van der Waals surface area contributed by atoms with E-state index >= 15 is 0 Å². The van der Waals surface area contributed by atoms with Crippen LogP contribution in [0.4, 0.5) is 4.79 Å². The van der Waals surface area contributed by atoms with Gasteiger partial charge in [0.25, 0.3) is 0 Å². The Balaban J connectivity index is 0.000000385. The van der Waals surface area contributed by atoms with Crippen molar-refractivity contribution in [3.63, 3.8) is 0 Å². The molecule has 4 nitrogen and oxygen atoms in total. The average molecular weight is 229 g/mol. The van der Waals surface area contributed by atoms with Gasteiger partial charge in [-0.3, -0.25) is 4.79 Å². The van der Waals surface area contributed by atoms with E-state index in [1.165, 1.54) is 26.4 Å². The van der Waals surface area contributed by atoms with Gasteiger partial charge in [0.2, 0.25) is 0 Å². The predicted octanol–water partition coefficient (Wildman–Crippen LogP) is 2.50. The van der Waals surface area contributed by atoms with Gasteiger partial charge >= 0.3 is 6.09 Å². The Bertz CT molecular complexity index is 220. The van der Waals surface area contributed by atoms with Crippen LogP contribution in [-0.2, 0) is 9.53 Å². The number of Topliss-reactive ketones (excluding diaryl/α,β-unsaturated/α-hetero) is 1. The highest BCUT2D eigenvalue weighted by molar-refractivity contribution is 5.82. The normalized spacial score (nSPS) is 16.2. The van der Waals surface area contributed by atoms with Gasteiger partial charge < -0.3 is 10.5 Å². The molecule has 1 aliphatic rings. The van der Waals surface area contributed by atoms with E-state index in [0.29, 0.717) is 11.7 Å². The number of carbonyl (C=O) groups excluding carboxylic acids is 2. The molecule has 1 saturated carbocycles. The molecule has 0 aromatic carbocycles. The first-order valence-corrected chi connectivity index (χ1v) is 5.86. The van der Waals surface area contributed by atoms with Crippen LogP contribution in [0.3, 0.4) is 0 Å². The first kappa shape index (κ1) is 14.9. The number of carbonyl (C=O) groups is 2. The summed E-state index contributed by atoms with van der Waals surface area (Å²) in [6, 6.07) is 0. The molecule has 1 aliphatic carbocycles. The fourth-order valence-corrected chi connectivity index (χ4v) is 1.86. The van der Waals surface area contributed by atoms with Crippen LogP contribution in [0.25, 0.3) is 0 Å². The van der Waals surface area contributed by atoms with Gasteiger partial charge in [-0.15, -0.1) is 0 Å². The standard InChI is InChI=1S/C10H18O.C2H5NO2/c1-8(2)10(11)9-6-4-3-5-7-9;1-5-2(3)4/h8-9H,3-7H2,1-2H3;1H3,(H2,3,4). The van der Waals surface area contributed by atoms with Crippen LogP contribution in [0.15, 0.2) is 0 Å². The summed E-state index contributed by atoms with van der Waals surface area (Å²) in [4.78, 5) is 20.9. The molecule has 0 bridgehead atoms. The number of ether oxygens (including phenoxy) is 1. The monoisotopic (exact) mass is 229 g/mol. The summed E-state index contributed by atoms with van der Waals surface area (Å²) >= 11 is 0. The van der Waals surface area contributed by atoms with E-state index in [1.54, 1.807) is 0 Å². The molecule has 0 atom stereocenters. The lowest BCUT2D eigenvalue weighted by molar-refractivity contribution is -0.126. The van der Waals surface area contributed by atoms with Crippen LogP contribution in [-0.4, -0.2) is 19.0 Å². The molecule has 0 aliphatic heterocycles. The van der Waals surface area contributed by atoms with E-state index in [1.807, 2.05) is 13.8 Å². The molecule has 0 heterocycles. The predicted molar refractivity (Wildman–Crippen MR) is 63.0 cm³/mol. The molecule has 0 spiro atoms. The van der Waals surface area contributed by atoms with Gasteiger partial charge in [0.15, 0.2) is 0 Å². The Kier molecular flexibility index (Phi) is 7.60. The highest BCUT2D eigenvalue weighted by atomic mass is 16.5. The summed E-state index contributed by atoms with van der Waals surface area (Å²) in [6.07, 6.45) is 5.42. The third-order valence-electron chi connectivity index (χ3n) is 2.78. The van der Waals surface area contributed by atoms with Crippen molar-refractivity contribution in [3.05, 3.63) is 0 Å². The van der Waals surface area contributed by atoms with Gasteiger partial charge in [-0.05, 0) is 12.8 Å². The maximum atomic E-state index is 11.5. The van der Waals surface area contributed by atoms with Crippen LogP contribution >= 0.6 is 0 Å².